The van der Waals surface area contributed by atoms with Crippen molar-refractivity contribution in [3.05, 3.63) is 75.2 Å². The summed E-state index contributed by atoms with van der Waals surface area (Å²) in [7, 11) is 4.28. The largest absolute Gasteiger partial charge is 0.382 e. The van der Waals surface area contributed by atoms with Crippen molar-refractivity contribution in [1.82, 2.24) is 9.80 Å². The highest BCUT2D eigenvalue weighted by molar-refractivity contribution is 6.36. The van der Waals surface area contributed by atoms with Crippen LogP contribution in [0.2, 0.25) is 10.0 Å². The van der Waals surface area contributed by atoms with Crippen LogP contribution in [-0.2, 0) is 6.54 Å². The summed E-state index contributed by atoms with van der Waals surface area (Å²) in [6.45, 7) is 11.4. The molecule has 0 amide bonds. The van der Waals surface area contributed by atoms with Gasteiger partial charge in [0.25, 0.3) is 0 Å². The molecule has 1 fully saturated rings. The number of hydrogen-bond donors (Lipinski definition) is 2. The third kappa shape index (κ3) is 8.44. The van der Waals surface area contributed by atoms with Crippen LogP contribution in [-0.4, -0.2) is 67.7 Å². The summed E-state index contributed by atoms with van der Waals surface area (Å²) in [6, 6.07) is 11.5. The van der Waals surface area contributed by atoms with E-state index >= 15 is 0 Å². The number of nitrogens with two attached hydrogens (primary N) is 1. The average Bonchev–Trinajstić information content (AvgIpc) is 2.97. The summed E-state index contributed by atoms with van der Waals surface area (Å²) in [6.07, 6.45) is 3.99. The molecule has 2 aliphatic heterocycles. The fraction of sp³-hybridized carbons (Fsp3) is 0.467. The molecule has 0 atom stereocenters. The molecule has 1 saturated heterocycles. The first-order chi connectivity index (χ1) is 18.7. The lowest BCUT2D eigenvalue weighted by Crippen LogP contribution is -2.41. The minimum atomic E-state index is -0.519. The highest BCUT2D eigenvalue weighted by Crippen LogP contribution is 2.30. The maximum atomic E-state index is 14.0. The maximum Gasteiger partial charge on any atom is 0.142 e. The van der Waals surface area contributed by atoms with Crippen molar-refractivity contribution in [1.29, 1.82) is 5.41 Å². The highest BCUT2D eigenvalue weighted by atomic mass is 35.5. The highest BCUT2D eigenvalue weighted by Gasteiger charge is 2.23. The van der Waals surface area contributed by atoms with E-state index in [9.17, 15) is 4.39 Å². The van der Waals surface area contributed by atoms with Gasteiger partial charge < -0.3 is 25.8 Å². The monoisotopic (exact) mass is 576 g/mol. The van der Waals surface area contributed by atoms with Gasteiger partial charge in [-0.2, -0.15) is 0 Å². The van der Waals surface area contributed by atoms with Crippen LogP contribution >= 0.6 is 23.2 Å². The number of halogens is 3. The third-order valence-electron chi connectivity index (χ3n) is 6.76. The average molecular weight is 578 g/mol. The van der Waals surface area contributed by atoms with Gasteiger partial charge in [-0.3, -0.25) is 4.99 Å². The van der Waals surface area contributed by atoms with Gasteiger partial charge in [0.1, 0.15) is 11.7 Å². The van der Waals surface area contributed by atoms with Gasteiger partial charge in [-0.05, 0) is 62.8 Å². The zero-order chi connectivity index (χ0) is 29.1. The Labute approximate surface area is 243 Å². The molecule has 2 aromatic rings. The van der Waals surface area contributed by atoms with E-state index in [0.717, 1.165) is 31.5 Å². The number of allylic oxidation sites excluding steroid dienone is 1. The molecule has 0 aromatic heterocycles. The second kappa shape index (κ2) is 15.8. The lowest BCUT2D eigenvalue weighted by atomic mass is 10.0. The fourth-order valence-electron chi connectivity index (χ4n) is 4.60. The van der Waals surface area contributed by atoms with Crippen molar-refractivity contribution in [3.63, 3.8) is 0 Å². The SMILES string of the molecule is CC.CC.CN(C)C1CCN(c2ccc(C(=N)/C=C3\C(N)=NCCN3Cc3c(Cl)ccc(F)c3Cl)cc2)CC1. The predicted octanol–water partition coefficient (Wildman–Crippen LogP) is 6.84. The minimum absolute atomic E-state index is 0.00165. The Hall–Kier alpha value is -2.61. The van der Waals surface area contributed by atoms with Gasteiger partial charge in [-0.15, -0.1) is 0 Å². The Morgan fingerprint density at radius 2 is 1.67 bits per heavy atom. The van der Waals surface area contributed by atoms with Gasteiger partial charge in [-0.1, -0.05) is 63.0 Å². The molecule has 3 N–H and O–H groups in total. The van der Waals surface area contributed by atoms with E-state index in [1.165, 1.54) is 17.8 Å². The van der Waals surface area contributed by atoms with Crippen molar-refractivity contribution < 1.29 is 4.39 Å². The second-order valence-electron chi connectivity index (χ2n) is 9.18. The van der Waals surface area contributed by atoms with Crippen LogP contribution in [0.1, 0.15) is 51.7 Å². The summed E-state index contributed by atoms with van der Waals surface area (Å²) in [5.74, 6) is -0.181. The van der Waals surface area contributed by atoms with E-state index in [4.69, 9.17) is 34.3 Å². The molecule has 2 aromatic carbocycles. The van der Waals surface area contributed by atoms with Crippen molar-refractivity contribution in [2.24, 2.45) is 10.7 Å². The quantitative estimate of drug-likeness (QED) is 0.291. The van der Waals surface area contributed by atoms with Gasteiger partial charge in [0.15, 0.2) is 0 Å². The van der Waals surface area contributed by atoms with E-state index in [-0.39, 0.29) is 11.6 Å². The summed E-state index contributed by atoms with van der Waals surface area (Å²) in [4.78, 5) is 11.0. The number of benzene rings is 2. The Morgan fingerprint density at radius 1 is 1.05 bits per heavy atom. The first-order valence-electron chi connectivity index (χ1n) is 13.7. The van der Waals surface area contributed by atoms with Crippen LogP contribution in [0.25, 0.3) is 0 Å². The fourth-order valence-corrected chi connectivity index (χ4v) is 5.09. The Balaban J connectivity index is 0.00000127. The van der Waals surface area contributed by atoms with Crippen LogP contribution in [0.3, 0.4) is 0 Å². The zero-order valence-electron chi connectivity index (χ0n) is 24.1. The number of nitrogens with one attached hydrogen (secondary N) is 1. The van der Waals surface area contributed by atoms with Crippen LogP contribution < -0.4 is 10.6 Å². The summed E-state index contributed by atoms with van der Waals surface area (Å²) in [5, 5.41) is 9.07. The first-order valence-corrected chi connectivity index (χ1v) is 14.5. The zero-order valence-corrected chi connectivity index (χ0v) is 25.6. The number of amidine groups is 1. The molecule has 0 radical (unpaired) electrons. The molecule has 0 bridgehead atoms. The Kier molecular flexibility index (Phi) is 13.2. The summed E-state index contributed by atoms with van der Waals surface area (Å²) in [5.41, 5.74) is 9.57. The minimum Gasteiger partial charge on any atom is -0.382 e. The van der Waals surface area contributed by atoms with Crippen molar-refractivity contribution in [2.75, 3.05) is 45.2 Å². The van der Waals surface area contributed by atoms with Crippen LogP contribution in [0.5, 0.6) is 0 Å². The van der Waals surface area contributed by atoms with E-state index in [2.05, 4.69) is 41.0 Å². The van der Waals surface area contributed by atoms with E-state index in [1.54, 1.807) is 6.08 Å². The molecule has 214 valence electrons. The molecular formula is C30H43Cl2FN6. The van der Waals surface area contributed by atoms with E-state index < -0.39 is 5.82 Å². The summed E-state index contributed by atoms with van der Waals surface area (Å²) >= 11 is 12.5. The standard InChI is InChI=1S/C26H31Cl2FN6.2C2H6/c1-33(2)18-9-12-34(13-10-18)19-5-3-17(4-6-19)23(30)15-24-26(31)32-11-14-35(24)16-20-21(27)7-8-22(29)25(20)28;2*1-2/h3-8,15,18,30H,9-14,16H2,1-2H3,(H2,31,32);2*1-2H3/b24-15+,30-23?;;. The number of piperidine rings is 1. The Bertz CT molecular complexity index is 1140. The summed E-state index contributed by atoms with van der Waals surface area (Å²) < 4.78 is 14.0. The number of anilines is 1. The Morgan fingerprint density at radius 3 is 2.26 bits per heavy atom. The number of nitrogens with zero attached hydrogens (tertiary/aromatic N) is 4. The smallest absolute Gasteiger partial charge is 0.142 e. The molecule has 0 aliphatic carbocycles. The maximum absolute atomic E-state index is 14.0. The van der Waals surface area contributed by atoms with E-state index in [0.29, 0.717) is 47.0 Å². The van der Waals surface area contributed by atoms with Gasteiger partial charge in [-0.25, -0.2) is 4.39 Å². The molecule has 0 saturated carbocycles. The van der Waals surface area contributed by atoms with Gasteiger partial charge in [0, 0.05) is 48.5 Å². The van der Waals surface area contributed by atoms with Crippen LogP contribution in [0, 0.1) is 11.2 Å². The lowest BCUT2D eigenvalue weighted by molar-refractivity contribution is 0.249. The molecule has 9 heteroatoms. The van der Waals surface area contributed by atoms with Gasteiger partial charge in [0.2, 0.25) is 0 Å². The number of aliphatic imine (C=N–C) groups is 1. The number of hydrogen-bond acceptors (Lipinski definition) is 6. The molecular weight excluding hydrogens is 534 g/mol. The third-order valence-corrected chi connectivity index (χ3v) is 7.53. The van der Waals surface area contributed by atoms with Crippen molar-refractivity contribution in [2.45, 2.75) is 53.1 Å². The van der Waals surface area contributed by atoms with Crippen LogP contribution in [0.15, 0.2) is 53.2 Å². The second-order valence-corrected chi connectivity index (χ2v) is 9.97. The molecule has 4 rings (SSSR count). The molecule has 2 aliphatic rings. The molecule has 6 nitrogen and oxygen atoms in total. The van der Waals surface area contributed by atoms with Crippen molar-refractivity contribution >= 4 is 40.4 Å². The lowest BCUT2D eigenvalue weighted by Gasteiger charge is -2.36. The van der Waals surface area contributed by atoms with Crippen molar-refractivity contribution in [3.8, 4) is 0 Å². The molecule has 39 heavy (non-hydrogen) atoms. The van der Waals surface area contributed by atoms with Crippen LogP contribution in [0.4, 0.5) is 10.1 Å². The normalized spacial score (nSPS) is 16.8. The molecule has 0 unspecified atom stereocenters. The molecule has 2 heterocycles. The van der Waals surface area contributed by atoms with Gasteiger partial charge >= 0.3 is 0 Å². The van der Waals surface area contributed by atoms with Gasteiger partial charge in [0.05, 0.1) is 23.0 Å². The number of rotatable bonds is 6. The first kappa shape index (κ1) is 32.6. The molecule has 0 spiro atoms. The topological polar surface area (TPSA) is 72.0 Å². The van der Waals surface area contributed by atoms with E-state index in [1.807, 2.05) is 44.7 Å². The predicted molar refractivity (Wildman–Crippen MR) is 166 cm³/mol.